The second-order valence-corrected chi connectivity index (χ2v) is 9.11. The highest BCUT2D eigenvalue weighted by atomic mass is 16.5. The van der Waals surface area contributed by atoms with Gasteiger partial charge in [-0.1, -0.05) is 60.7 Å². The van der Waals surface area contributed by atoms with Gasteiger partial charge in [0, 0.05) is 19.0 Å². The third-order valence-corrected chi connectivity index (χ3v) is 6.92. The van der Waals surface area contributed by atoms with Crippen molar-refractivity contribution in [2.75, 3.05) is 13.1 Å². The van der Waals surface area contributed by atoms with Crippen LogP contribution in [-0.2, 0) is 22.7 Å². The number of carbonyl (C=O) groups excluding carboxylic acids is 2. The molecule has 2 aliphatic rings. The number of aromatic nitrogens is 2. The number of carbonyl (C=O) groups is 2. The number of imidazole rings is 1. The van der Waals surface area contributed by atoms with Crippen LogP contribution in [0.25, 0.3) is 0 Å². The van der Waals surface area contributed by atoms with Crippen molar-refractivity contribution in [3.63, 3.8) is 0 Å². The maximum absolute atomic E-state index is 13.2. The van der Waals surface area contributed by atoms with Gasteiger partial charge in [-0.05, 0) is 30.9 Å². The number of nitrogens with one attached hydrogen (secondary N) is 1. The monoisotopic (exact) mass is 458 g/mol. The van der Waals surface area contributed by atoms with E-state index in [2.05, 4.69) is 22.4 Å². The first-order chi connectivity index (χ1) is 16.6. The summed E-state index contributed by atoms with van der Waals surface area (Å²) in [5, 5.41) is 3.12. The minimum absolute atomic E-state index is 0.0369. The summed E-state index contributed by atoms with van der Waals surface area (Å²) < 4.78 is 8.09. The zero-order valence-corrected chi connectivity index (χ0v) is 19.4. The second-order valence-electron chi connectivity index (χ2n) is 9.11. The van der Waals surface area contributed by atoms with Gasteiger partial charge in [0.25, 0.3) is 5.91 Å². The van der Waals surface area contributed by atoms with E-state index in [1.165, 1.54) is 0 Å². The maximum atomic E-state index is 13.2. The van der Waals surface area contributed by atoms with Crippen LogP contribution in [0.15, 0.2) is 67.0 Å². The summed E-state index contributed by atoms with van der Waals surface area (Å²) in [6.07, 6.45) is 3.01. The summed E-state index contributed by atoms with van der Waals surface area (Å²) >= 11 is 0. The van der Waals surface area contributed by atoms with Crippen molar-refractivity contribution in [1.82, 2.24) is 19.8 Å². The fraction of sp³-hybridized carbons (Fsp3) is 0.370. The molecule has 0 bridgehead atoms. The van der Waals surface area contributed by atoms with E-state index in [1.54, 1.807) is 6.33 Å². The zero-order valence-electron chi connectivity index (χ0n) is 19.4. The molecule has 2 amide bonds. The molecule has 7 nitrogen and oxygen atoms in total. The Bertz CT molecular complexity index is 1140. The molecule has 1 aromatic heterocycles. The van der Waals surface area contributed by atoms with Crippen LogP contribution in [0.1, 0.15) is 59.2 Å². The molecule has 176 valence electrons. The molecule has 1 saturated heterocycles. The minimum atomic E-state index is -0.0823. The number of piperidine rings is 1. The number of nitrogens with zero attached hydrogens (tertiary/aromatic N) is 3. The smallest absolute Gasteiger partial charge is 0.274 e. The normalized spacial score (nSPS) is 19.3. The maximum Gasteiger partial charge on any atom is 0.274 e. The molecule has 7 heteroatoms. The molecule has 0 saturated carbocycles. The van der Waals surface area contributed by atoms with Gasteiger partial charge in [0.1, 0.15) is 6.10 Å². The Morgan fingerprint density at radius 2 is 1.71 bits per heavy atom. The van der Waals surface area contributed by atoms with E-state index in [1.807, 2.05) is 64.9 Å². The molecule has 0 aliphatic carbocycles. The number of hydrogen-bond acceptors (Lipinski definition) is 4. The molecule has 34 heavy (non-hydrogen) atoms. The lowest BCUT2D eigenvalue weighted by Crippen LogP contribution is -2.43. The Labute approximate surface area is 199 Å². The Kier molecular flexibility index (Phi) is 6.45. The molecular formula is C27H30N4O3. The summed E-state index contributed by atoms with van der Waals surface area (Å²) in [6.45, 7) is 4.10. The highest BCUT2D eigenvalue weighted by molar-refractivity contribution is 5.93. The number of fused-ring (bicyclic) bond motifs is 1. The lowest BCUT2D eigenvalue weighted by Gasteiger charge is -2.32. The van der Waals surface area contributed by atoms with Gasteiger partial charge in [0.15, 0.2) is 5.69 Å². The Balaban J connectivity index is 1.17. The molecule has 0 spiro atoms. The summed E-state index contributed by atoms with van der Waals surface area (Å²) in [7, 11) is 0. The molecule has 5 rings (SSSR count). The Hall–Kier alpha value is -3.45. The van der Waals surface area contributed by atoms with E-state index in [0.29, 0.717) is 44.8 Å². The van der Waals surface area contributed by atoms with Gasteiger partial charge in [-0.2, -0.15) is 0 Å². The fourth-order valence-corrected chi connectivity index (χ4v) is 4.83. The molecule has 2 unspecified atom stereocenters. The predicted molar refractivity (Wildman–Crippen MR) is 128 cm³/mol. The molecule has 3 aromatic rings. The van der Waals surface area contributed by atoms with E-state index in [-0.39, 0.29) is 29.9 Å². The first kappa shape index (κ1) is 22.3. The molecule has 1 fully saturated rings. The molecule has 3 heterocycles. The number of hydrogen-bond donors (Lipinski definition) is 1. The molecule has 2 aliphatic heterocycles. The number of rotatable bonds is 5. The van der Waals surface area contributed by atoms with Crippen LogP contribution >= 0.6 is 0 Å². The predicted octanol–water partition coefficient (Wildman–Crippen LogP) is 3.88. The van der Waals surface area contributed by atoms with Crippen molar-refractivity contribution in [2.24, 2.45) is 5.92 Å². The summed E-state index contributed by atoms with van der Waals surface area (Å²) in [6, 6.07) is 20.0. The van der Waals surface area contributed by atoms with Crippen LogP contribution in [0, 0.1) is 5.92 Å². The first-order valence-electron chi connectivity index (χ1n) is 12.0. The van der Waals surface area contributed by atoms with Gasteiger partial charge in [0.2, 0.25) is 5.91 Å². The standard InChI is InChI=1S/C27H30N4O3/c1-19(20-8-4-2-5-9-20)29-26(32)22-12-14-30(15-13-22)27(33)25-23-17-34-24(16-31(23)18-28-25)21-10-6-3-7-11-21/h2-11,18-19,22,24H,12-17H2,1H3,(H,29,32). The quantitative estimate of drug-likeness (QED) is 0.630. The van der Waals surface area contributed by atoms with Crippen molar-refractivity contribution in [3.8, 4) is 0 Å². The average Bonchev–Trinajstić information content (AvgIpc) is 3.32. The van der Waals surface area contributed by atoms with Gasteiger partial charge < -0.3 is 19.5 Å². The third kappa shape index (κ3) is 4.61. The van der Waals surface area contributed by atoms with Crippen molar-refractivity contribution in [3.05, 3.63) is 89.5 Å². The van der Waals surface area contributed by atoms with Crippen molar-refractivity contribution < 1.29 is 14.3 Å². The van der Waals surface area contributed by atoms with Crippen LogP contribution in [0.3, 0.4) is 0 Å². The largest absolute Gasteiger partial charge is 0.365 e. The first-order valence-corrected chi connectivity index (χ1v) is 12.0. The average molecular weight is 459 g/mol. The highest BCUT2D eigenvalue weighted by Crippen LogP contribution is 2.29. The highest BCUT2D eigenvalue weighted by Gasteiger charge is 2.32. The van der Waals surface area contributed by atoms with Crippen molar-refractivity contribution in [1.29, 1.82) is 0 Å². The number of ether oxygens (including phenoxy) is 1. The van der Waals surface area contributed by atoms with Gasteiger partial charge >= 0.3 is 0 Å². The Morgan fingerprint density at radius 3 is 2.41 bits per heavy atom. The second kappa shape index (κ2) is 9.81. The van der Waals surface area contributed by atoms with E-state index < -0.39 is 0 Å². The van der Waals surface area contributed by atoms with Gasteiger partial charge in [-0.15, -0.1) is 0 Å². The number of likely N-dealkylation sites (tertiary alicyclic amines) is 1. The molecule has 0 radical (unpaired) electrons. The van der Waals surface area contributed by atoms with Crippen molar-refractivity contribution in [2.45, 2.75) is 45.1 Å². The lowest BCUT2D eigenvalue weighted by atomic mass is 9.95. The Morgan fingerprint density at radius 1 is 1.03 bits per heavy atom. The van der Waals surface area contributed by atoms with Crippen LogP contribution in [0.4, 0.5) is 0 Å². The lowest BCUT2D eigenvalue weighted by molar-refractivity contribution is -0.127. The zero-order chi connectivity index (χ0) is 23.5. The summed E-state index contributed by atoms with van der Waals surface area (Å²) in [5.41, 5.74) is 3.50. The number of benzene rings is 2. The van der Waals surface area contributed by atoms with Crippen LogP contribution in [-0.4, -0.2) is 39.4 Å². The molecule has 2 atom stereocenters. The summed E-state index contributed by atoms with van der Waals surface area (Å²) in [5.74, 6) is -0.101. The van der Waals surface area contributed by atoms with Gasteiger partial charge in [0.05, 0.1) is 31.2 Å². The van der Waals surface area contributed by atoms with Crippen LogP contribution < -0.4 is 5.32 Å². The van der Waals surface area contributed by atoms with Crippen LogP contribution in [0.5, 0.6) is 0 Å². The fourth-order valence-electron chi connectivity index (χ4n) is 4.83. The topological polar surface area (TPSA) is 76.5 Å². The number of amides is 2. The molecule has 1 N–H and O–H groups in total. The third-order valence-electron chi connectivity index (χ3n) is 6.92. The van der Waals surface area contributed by atoms with Gasteiger partial charge in [-0.25, -0.2) is 4.98 Å². The minimum Gasteiger partial charge on any atom is -0.365 e. The summed E-state index contributed by atoms with van der Waals surface area (Å²) in [4.78, 5) is 32.3. The van der Waals surface area contributed by atoms with E-state index in [0.717, 1.165) is 16.8 Å². The SMILES string of the molecule is CC(NC(=O)C1CCN(C(=O)c2ncn3c2COC(c2ccccc2)C3)CC1)c1ccccc1. The molecular weight excluding hydrogens is 428 g/mol. The van der Waals surface area contributed by atoms with Gasteiger partial charge in [-0.3, -0.25) is 9.59 Å². The van der Waals surface area contributed by atoms with Crippen LogP contribution in [0.2, 0.25) is 0 Å². The van der Waals surface area contributed by atoms with E-state index in [4.69, 9.17) is 4.74 Å². The molecule has 2 aromatic carbocycles. The van der Waals surface area contributed by atoms with E-state index in [9.17, 15) is 9.59 Å². The van der Waals surface area contributed by atoms with Crippen molar-refractivity contribution >= 4 is 11.8 Å². The van der Waals surface area contributed by atoms with E-state index >= 15 is 0 Å².